The van der Waals surface area contributed by atoms with Crippen LogP contribution >= 0.6 is 0 Å². The van der Waals surface area contributed by atoms with E-state index >= 15 is 0 Å². The molecule has 0 spiro atoms. The van der Waals surface area contributed by atoms with Crippen LogP contribution in [0.4, 0.5) is 5.69 Å². The molecule has 0 N–H and O–H groups in total. The first-order valence-corrected chi connectivity index (χ1v) is 7.34. The summed E-state index contributed by atoms with van der Waals surface area (Å²) in [4.78, 5) is 14.7. The first-order chi connectivity index (χ1) is 10.3. The van der Waals surface area contributed by atoms with Crippen LogP contribution in [0.1, 0.15) is 30.1 Å². The van der Waals surface area contributed by atoms with Gasteiger partial charge in [0.05, 0.1) is 6.04 Å². The lowest BCUT2D eigenvalue weighted by atomic mass is 10.1. The van der Waals surface area contributed by atoms with Gasteiger partial charge in [-0.3, -0.25) is 4.79 Å². The van der Waals surface area contributed by atoms with Gasteiger partial charge in [-0.05, 0) is 30.7 Å². The van der Waals surface area contributed by atoms with E-state index in [-0.39, 0.29) is 11.9 Å². The van der Waals surface area contributed by atoms with Crippen LogP contribution in [0.3, 0.4) is 0 Å². The van der Waals surface area contributed by atoms with Crippen LogP contribution in [0.2, 0.25) is 0 Å². The number of carbonyl (C=O) groups excluding carboxylic acids is 1. The summed E-state index contributed by atoms with van der Waals surface area (Å²) in [6.45, 7) is 6.03. The molecule has 0 saturated carbocycles. The van der Waals surface area contributed by atoms with Crippen LogP contribution in [0.25, 0.3) is 0 Å². The second-order valence-corrected chi connectivity index (χ2v) is 4.97. The molecule has 1 amide bonds. The van der Waals surface area contributed by atoms with E-state index in [0.29, 0.717) is 5.56 Å². The van der Waals surface area contributed by atoms with Crippen LogP contribution in [-0.4, -0.2) is 11.9 Å². The molecule has 0 unspecified atom stereocenters. The van der Waals surface area contributed by atoms with Crippen LogP contribution in [0.15, 0.2) is 73.3 Å². The largest absolute Gasteiger partial charge is 0.302 e. The number of anilines is 1. The van der Waals surface area contributed by atoms with Gasteiger partial charge in [0.1, 0.15) is 0 Å². The van der Waals surface area contributed by atoms with Gasteiger partial charge in [0.15, 0.2) is 0 Å². The van der Waals surface area contributed by atoms with Gasteiger partial charge in [-0.15, -0.1) is 6.58 Å². The molecule has 0 radical (unpaired) electrons. The molecule has 108 valence electrons. The van der Waals surface area contributed by atoms with Gasteiger partial charge in [0.25, 0.3) is 5.91 Å². The van der Waals surface area contributed by atoms with Crippen molar-refractivity contribution in [2.45, 2.75) is 25.8 Å². The van der Waals surface area contributed by atoms with Crippen molar-refractivity contribution in [2.75, 3.05) is 4.90 Å². The predicted octanol–water partition coefficient (Wildman–Crippen LogP) is 4.69. The van der Waals surface area contributed by atoms with Gasteiger partial charge in [-0.1, -0.05) is 55.8 Å². The normalized spacial score (nSPS) is 11.7. The molecular formula is C19H21NO. The van der Waals surface area contributed by atoms with Gasteiger partial charge < -0.3 is 4.90 Å². The third-order valence-corrected chi connectivity index (χ3v) is 3.46. The Morgan fingerprint density at radius 1 is 1.10 bits per heavy atom. The van der Waals surface area contributed by atoms with E-state index in [1.807, 2.05) is 71.6 Å². The van der Waals surface area contributed by atoms with Gasteiger partial charge in [-0.25, -0.2) is 0 Å². The highest BCUT2D eigenvalue weighted by Gasteiger charge is 2.23. The van der Waals surface area contributed by atoms with Crippen molar-refractivity contribution in [2.24, 2.45) is 0 Å². The van der Waals surface area contributed by atoms with Gasteiger partial charge in [0, 0.05) is 11.3 Å². The average Bonchev–Trinajstić information content (AvgIpc) is 2.56. The Labute approximate surface area is 126 Å². The summed E-state index contributed by atoms with van der Waals surface area (Å²) >= 11 is 0. The quantitative estimate of drug-likeness (QED) is 0.703. The van der Waals surface area contributed by atoms with E-state index in [9.17, 15) is 4.79 Å². The molecule has 0 aliphatic rings. The Bertz CT molecular complexity index is 577. The van der Waals surface area contributed by atoms with E-state index in [2.05, 4.69) is 13.5 Å². The minimum atomic E-state index is 0.00473. The van der Waals surface area contributed by atoms with E-state index in [1.165, 1.54) is 0 Å². The van der Waals surface area contributed by atoms with Crippen molar-refractivity contribution in [1.29, 1.82) is 0 Å². The minimum Gasteiger partial charge on any atom is -0.302 e. The van der Waals surface area contributed by atoms with E-state index < -0.39 is 0 Å². The highest BCUT2D eigenvalue weighted by molar-refractivity contribution is 6.06. The summed E-state index contributed by atoms with van der Waals surface area (Å²) in [5, 5.41) is 0. The molecular weight excluding hydrogens is 258 g/mol. The topological polar surface area (TPSA) is 20.3 Å². The highest BCUT2D eigenvalue weighted by atomic mass is 16.2. The van der Waals surface area contributed by atoms with E-state index in [1.54, 1.807) is 0 Å². The Kier molecular flexibility index (Phi) is 5.33. The van der Waals surface area contributed by atoms with Gasteiger partial charge in [-0.2, -0.15) is 0 Å². The maximum Gasteiger partial charge on any atom is 0.258 e. The fourth-order valence-corrected chi connectivity index (χ4v) is 2.42. The molecule has 2 aromatic carbocycles. The summed E-state index contributed by atoms with van der Waals surface area (Å²) in [6.07, 6.45) is 3.76. The van der Waals surface area contributed by atoms with Gasteiger partial charge >= 0.3 is 0 Å². The summed E-state index contributed by atoms with van der Waals surface area (Å²) in [7, 11) is 0. The van der Waals surface area contributed by atoms with E-state index in [4.69, 9.17) is 0 Å². The maximum absolute atomic E-state index is 12.9. The molecule has 1 atom stereocenters. The monoisotopic (exact) mass is 279 g/mol. The smallest absolute Gasteiger partial charge is 0.258 e. The van der Waals surface area contributed by atoms with Crippen molar-refractivity contribution >= 4 is 11.6 Å². The van der Waals surface area contributed by atoms with Crippen LogP contribution in [-0.2, 0) is 0 Å². The zero-order valence-corrected chi connectivity index (χ0v) is 12.4. The summed E-state index contributed by atoms with van der Waals surface area (Å²) in [6, 6.07) is 19.2. The third kappa shape index (κ3) is 3.60. The third-order valence-electron chi connectivity index (χ3n) is 3.46. The number of hydrogen-bond acceptors (Lipinski definition) is 1. The number of para-hydroxylation sites is 1. The van der Waals surface area contributed by atoms with Crippen LogP contribution in [0.5, 0.6) is 0 Å². The Balaban J connectivity index is 2.40. The summed E-state index contributed by atoms with van der Waals surface area (Å²) < 4.78 is 0. The molecule has 0 aromatic heterocycles. The number of hydrogen-bond donors (Lipinski definition) is 0. The molecule has 0 saturated heterocycles. The molecule has 0 bridgehead atoms. The summed E-state index contributed by atoms with van der Waals surface area (Å²) in [5.41, 5.74) is 1.61. The Morgan fingerprint density at radius 2 is 1.67 bits per heavy atom. The Hall–Kier alpha value is -2.35. The molecule has 0 heterocycles. The minimum absolute atomic E-state index is 0.00473. The first-order valence-electron chi connectivity index (χ1n) is 7.34. The molecule has 2 heteroatoms. The molecule has 21 heavy (non-hydrogen) atoms. The lowest BCUT2D eigenvalue weighted by molar-refractivity contribution is 0.0980. The van der Waals surface area contributed by atoms with Crippen molar-refractivity contribution in [3.63, 3.8) is 0 Å². The molecule has 2 nitrogen and oxygen atoms in total. The fourth-order valence-electron chi connectivity index (χ4n) is 2.42. The molecule has 2 rings (SSSR count). The highest BCUT2D eigenvalue weighted by Crippen LogP contribution is 2.22. The fraction of sp³-hybridized carbons (Fsp3) is 0.211. The van der Waals surface area contributed by atoms with Crippen molar-refractivity contribution in [3.8, 4) is 0 Å². The number of amides is 1. The van der Waals surface area contributed by atoms with Crippen LogP contribution in [0, 0.1) is 0 Å². The second-order valence-electron chi connectivity index (χ2n) is 4.97. The lowest BCUT2D eigenvalue weighted by Gasteiger charge is -2.30. The standard InChI is InChI=1S/C19H21NO/c1-3-11-17(4-2)20(18-14-9-6-10-15-18)19(21)16-12-7-5-8-13-16/h4-10,12-15,17H,2-3,11H2,1H3/t17-/m0/s1. The lowest BCUT2D eigenvalue weighted by Crippen LogP contribution is -2.39. The molecule has 0 fully saturated rings. The van der Waals surface area contributed by atoms with E-state index in [0.717, 1.165) is 18.5 Å². The number of nitrogens with zero attached hydrogens (tertiary/aromatic N) is 1. The van der Waals surface area contributed by atoms with Crippen molar-refractivity contribution in [3.05, 3.63) is 78.9 Å². The molecule has 2 aromatic rings. The predicted molar refractivity (Wildman–Crippen MR) is 88.6 cm³/mol. The summed E-state index contributed by atoms with van der Waals surface area (Å²) in [5.74, 6) is 0.0140. The van der Waals surface area contributed by atoms with Gasteiger partial charge in [0.2, 0.25) is 0 Å². The molecule has 0 aliphatic carbocycles. The zero-order valence-electron chi connectivity index (χ0n) is 12.4. The zero-order chi connectivity index (χ0) is 15.1. The first kappa shape index (κ1) is 15.0. The molecule has 0 aliphatic heterocycles. The SMILES string of the molecule is C=C[C@@H](CCC)N(C(=O)c1ccccc1)c1ccccc1. The van der Waals surface area contributed by atoms with Crippen LogP contribution < -0.4 is 4.90 Å². The number of rotatable bonds is 6. The Morgan fingerprint density at radius 3 is 2.19 bits per heavy atom. The maximum atomic E-state index is 12.9. The number of carbonyl (C=O) groups is 1. The van der Waals surface area contributed by atoms with Crippen molar-refractivity contribution in [1.82, 2.24) is 0 Å². The van der Waals surface area contributed by atoms with Crippen molar-refractivity contribution < 1.29 is 4.79 Å². The average molecular weight is 279 g/mol. The second kappa shape index (κ2) is 7.44. The number of benzene rings is 2.